The lowest BCUT2D eigenvalue weighted by Crippen LogP contribution is -2.50. The van der Waals surface area contributed by atoms with E-state index in [1.54, 1.807) is 9.42 Å². The summed E-state index contributed by atoms with van der Waals surface area (Å²) in [6.07, 6.45) is 6.69. The van der Waals surface area contributed by atoms with Crippen molar-refractivity contribution in [1.29, 1.82) is 0 Å². The van der Waals surface area contributed by atoms with Crippen LogP contribution in [0.5, 0.6) is 0 Å². The molecule has 10 nitrogen and oxygen atoms in total. The van der Waals surface area contributed by atoms with E-state index in [2.05, 4.69) is 28.4 Å². The number of nitrogens with zero attached hydrogens (tertiary/aromatic N) is 6. The normalized spacial score (nSPS) is 18.1. The fourth-order valence-electron chi connectivity index (χ4n) is 5.33. The van der Waals surface area contributed by atoms with E-state index in [0.29, 0.717) is 50.1 Å². The van der Waals surface area contributed by atoms with Crippen LogP contribution in [0.3, 0.4) is 0 Å². The van der Waals surface area contributed by atoms with Crippen LogP contribution in [0, 0.1) is 5.92 Å². The van der Waals surface area contributed by atoms with Crippen molar-refractivity contribution in [2.45, 2.75) is 40.0 Å². The number of aromatic nitrogens is 3. The summed E-state index contributed by atoms with van der Waals surface area (Å²) >= 11 is 0. The van der Waals surface area contributed by atoms with Gasteiger partial charge < -0.3 is 15.0 Å². The van der Waals surface area contributed by atoms with Gasteiger partial charge in [0, 0.05) is 55.7 Å². The van der Waals surface area contributed by atoms with Crippen molar-refractivity contribution in [2.24, 2.45) is 5.92 Å². The van der Waals surface area contributed by atoms with Crippen LogP contribution < -0.4 is 5.32 Å². The zero-order valence-electron chi connectivity index (χ0n) is 23.0. The molecule has 0 aliphatic carbocycles. The summed E-state index contributed by atoms with van der Waals surface area (Å²) in [6.45, 7) is 10.0. The lowest BCUT2D eigenvalue weighted by molar-refractivity contribution is -0.0294. The van der Waals surface area contributed by atoms with Crippen molar-refractivity contribution >= 4 is 34.9 Å². The summed E-state index contributed by atoms with van der Waals surface area (Å²) in [5.74, 6) is 1.10. The molecule has 0 saturated carbocycles. The number of ether oxygens (including phenoxy) is 1. The lowest BCUT2D eigenvalue weighted by Gasteiger charge is -2.39. The molecule has 1 atom stereocenters. The maximum Gasteiger partial charge on any atom is 0.410 e. The quantitative estimate of drug-likeness (QED) is 0.467. The SMILES string of the molecule is CCOC(=O)N1CC=C(c2cccn3nc(Nc4ccc(C(=O)N(CC)N5CCCC(C)C5)cc4)nc23)CC1. The van der Waals surface area contributed by atoms with Crippen LogP contribution in [0.1, 0.15) is 56.0 Å². The second-order valence-electron chi connectivity index (χ2n) is 10.1. The molecule has 0 spiro atoms. The molecule has 10 heteroatoms. The predicted molar refractivity (Wildman–Crippen MR) is 151 cm³/mol. The molecule has 4 heterocycles. The van der Waals surface area contributed by atoms with Gasteiger partial charge in [-0.15, -0.1) is 5.10 Å². The first kappa shape index (κ1) is 26.7. The molecule has 1 fully saturated rings. The van der Waals surface area contributed by atoms with E-state index in [4.69, 9.17) is 9.72 Å². The number of pyridine rings is 1. The maximum absolute atomic E-state index is 13.2. The number of amides is 2. The summed E-state index contributed by atoms with van der Waals surface area (Å²) in [6, 6.07) is 11.5. The average molecular weight is 532 g/mol. The molecule has 0 radical (unpaired) electrons. The Morgan fingerprint density at radius 3 is 2.67 bits per heavy atom. The van der Waals surface area contributed by atoms with Crippen molar-refractivity contribution in [3.05, 3.63) is 59.8 Å². The number of benzene rings is 1. The van der Waals surface area contributed by atoms with Gasteiger partial charge in [-0.2, -0.15) is 4.98 Å². The van der Waals surface area contributed by atoms with Gasteiger partial charge in [-0.3, -0.25) is 9.80 Å². The maximum atomic E-state index is 13.2. The van der Waals surface area contributed by atoms with Crippen molar-refractivity contribution in [2.75, 3.05) is 44.6 Å². The summed E-state index contributed by atoms with van der Waals surface area (Å²) in [7, 11) is 0. The summed E-state index contributed by atoms with van der Waals surface area (Å²) < 4.78 is 6.88. The number of hydrogen-bond acceptors (Lipinski definition) is 7. The van der Waals surface area contributed by atoms with Crippen LogP contribution in [0.4, 0.5) is 16.4 Å². The van der Waals surface area contributed by atoms with Gasteiger partial charge in [-0.05, 0) is 81.0 Å². The number of hydrazine groups is 1. The third kappa shape index (κ3) is 5.90. The Morgan fingerprint density at radius 1 is 1.15 bits per heavy atom. The number of anilines is 2. The average Bonchev–Trinajstić information content (AvgIpc) is 3.37. The van der Waals surface area contributed by atoms with Gasteiger partial charge in [-0.1, -0.05) is 13.0 Å². The molecule has 1 N–H and O–H groups in total. The summed E-state index contributed by atoms with van der Waals surface area (Å²) in [5.41, 5.74) is 4.34. The fraction of sp³-hybridized carbons (Fsp3) is 0.448. The predicted octanol–water partition coefficient (Wildman–Crippen LogP) is 4.83. The minimum atomic E-state index is -0.281. The molecule has 1 saturated heterocycles. The van der Waals surface area contributed by atoms with E-state index in [1.807, 2.05) is 61.5 Å². The topological polar surface area (TPSA) is 95.3 Å². The fourth-order valence-corrected chi connectivity index (χ4v) is 5.33. The van der Waals surface area contributed by atoms with E-state index in [0.717, 1.165) is 42.0 Å². The highest BCUT2D eigenvalue weighted by Gasteiger charge is 2.26. The molecular weight excluding hydrogens is 494 g/mol. The van der Waals surface area contributed by atoms with E-state index >= 15 is 0 Å². The summed E-state index contributed by atoms with van der Waals surface area (Å²) in [4.78, 5) is 31.7. The Hall–Kier alpha value is -3.92. The monoisotopic (exact) mass is 531 g/mol. The van der Waals surface area contributed by atoms with Gasteiger partial charge in [0.15, 0.2) is 5.65 Å². The van der Waals surface area contributed by atoms with Gasteiger partial charge >= 0.3 is 6.09 Å². The Balaban J connectivity index is 1.28. The highest BCUT2D eigenvalue weighted by atomic mass is 16.6. The third-order valence-electron chi connectivity index (χ3n) is 7.34. The van der Waals surface area contributed by atoms with Crippen molar-refractivity contribution < 1.29 is 14.3 Å². The highest BCUT2D eigenvalue weighted by Crippen LogP contribution is 2.27. The second kappa shape index (κ2) is 11.9. The van der Waals surface area contributed by atoms with Crippen molar-refractivity contribution in [3.8, 4) is 0 Å². The van der Waals surface area contributed by atoms with Crippen LogP contribution in [0.2, 0.25) is 0 Å². The van der Waals surface area contributed by atoms with Gasteiger partial charge in [-0.25, -0.2) is 14.3 Å². The molecule has 5 rings (SSSR count). The van der Waals surface area contributed by atoms with E-state index in [-0.39, 0.29) is 12.0 Å². The number of hydrogen-bond donors (Lipinski definition) is 1. The number of nitrogens with one attached hydrogen (secondary N) is 1. The number of piperidine rings is 1. The second-order valence-corrected chi connectivity index (χ2v) is 10.1. The number of fused-ring (bicyclic) bond motifs is 1. The molecule has 1 unspecified atom stereocenters. The van der Waals surface area contributed by atoms with Crippen molar-refractivity contribution in [1.82, 2.24) is 29.5 Å². The van der Waals surface area contributed by atoms with Crippen molar-refractivity contribution in [3.63, 3.8) is 0 Å². The smallest absolute Gasteiger partial charge is 0.410 e. The zero-order valence-corrected chi connectivity index (χ0v) is 23.0. The summed E-state index contributed by atoms with van der Waals surface area (Å²) in [5, 5.41) is 11.9. The van der Waals surface area contributed by atoms with Gasteiger partial charge in [0.05, 0.1) is 6.61 Å². The first-order valence-electron chi connectivity index (χ1n) is 13.9. The molecule has 39 heavy (non-hydrogen) atoms. The van der Waals surface area contributed by atoms with Crippen LogP contribution in [0.15, 0.2) is 48.7 Å². The van der Waals surface area contributed by atoms with Crippen LogP contribution in [-0.2, 0) is 4.74 Å². The first-order chi connectivity index (χ1) is 19.0. The van der Waals surface area contributed by atoms with Gasteiger partial charge in [0.25, 0.3) is 5.91 Å². The van der Waals surface area contributed by atoms with Crippen LogP contribution in [-0.4, -0.2) is 80.8 Å². The van der Waals surface area contributed by atoms with Gasteiger partial charge in [0.2, 0.25) is 5.95 Å². The standard InChI is InChI=1S/C29H37N7O3/c1-4-36(34-16-6-8-21(3)20-34)27(37)23-10-12-24(13-11-23)30-28-31-26-25(9-7-17-35(26)32-28)22-14-18-33(19-15-22)29(38)39-5-2/h7,9-14,17,21H,4-6,8,15-16,18-20H2,1-3H3,(H,30,32). The lowest BCUT2D eigenvalue weighted by atomic mass is 10.0. The minimum Gasteiger partial charge on any atom is -0.450 e. The first-order valence-corrected chi connectivity index (χ1v) is 13.9. The molecule has 3 aromatic rings. The minimum absolute atomic E-state index is 0.0240. The van der Waals surface area contributed by atoms with Crippen LogP contribution >= 0.6 is 0 Å². The largest absolute Gasteiger partial charge is 0.450 e. The number of carbonyl (C=O) groups excluding carboxylic acids is 2. The Kier molecular flexibility index (Phi) is 8.11. The molecule has 0 bridgehead atoms. The third-order valence-corrected chi connectivity index (χ3v) is 7.34. The zero-order chi connectivity index (χ0) is 27.4. The molecule has 1 aromatic carbocycles. The highest BCUT2D eigenvalue weighted by molar-refractivity contribution is 5.94. The molecule has 206 valence electrons. The number of carbonyl (C=O) groups is 2. The molecule has 2 aliphatic heterocycles. The molecule has 2 amide bonds. The van der Waals surface area contributed by atoms with Crippen LogP contribution in [0.25, 0.3) is 11.2 Å². The Bertz CT molecular complexity index is 1350. The molecule has 2 aromatic heterocycles. The molecule has 2 aliphatic rings. The van der Waals surface area contributed by atoms with E-state index in [9.17, 15) is 9.59 Å². The van der Waals surface area contributed by atoms with Gasteiger partial charge in [0.1, 0.15) is 0 Å². The molecular formula is C29H37N7O3. The van der Waals surface area contributed by atoms with E-state index in [1.165, 1.54) is 6.42 Å². The van der Waals surface area contributed by atoms with E-state index < -0.39 is 0 Å². The number of rotatable bonds is 7. The Labute approximate surface area is 229 Å². The Morgan fingerprint density at radius 2 is 1.97 bits per heavy atom.